The number of benzene rings is 1. The minimum absolute atomic E-state index is 0.383. The lowest BCUT2D eigenvalue weighted by atomic mass is 10.1. The normalized spacial score (nSPS) is 9.85. The SMILES string of the molecule is Nc1cc(-c2ccccc2)nnn1. The van der Waals surface area contributed by atoms with Crippen LogP contribution in [0.25, 0.3) is 11.3 Å². The zero-order valence-electron chi connectivity index (χ0n) is 6.88. The minimum atomic E-state index is 0.383. The summed E-state index contributed by atoms with van der Waals surface area (Å²) in [6.45, 7) is 0. The average Bonchev–Trinajstić information content (AvgIpc) is 2.19. The van der Waals surface area contributed by atoms with Gasteiger partial charge in [-0.15, -0.1) is 10.2 Å². The summed E-state index contributed by atoms with van der Waals surface area (Å²) < 4.78 is 0. The Hall–Kier alpha value is -1.97. The fourth-order valence-corrected chi connectivity index (χ4v) is 1.07. The van der Waals surface area contributed by atoms with Gasteiger partial charge in [-0.25, -0.2) is 0 Å². The Morgan fingerprint density at radius 3 is 2.46 bits per heavy atom. The Balaban J connectivity index is 2.48. The van der Waals surface area contributed by atoms with E-state index in [4.69, 9.17) is 5.73 Å². The molecule has 0 saturated heterocycles. The summed E-state index contributed by atoms with van der Waals surface area (Å²) in [7, 11) is 0. The summed E-state index contributed by atoms with van der Waals surface area (Å²) in [6.07, 6.45) is 0. The van der Waals surface area contributed by atoms with E-state index in [1.165, 1.54) is 0 Å². The van der Waals surface area contributed by atoms with Crippen molar-refractivity contribution in [2.75, 3.05) is 5.73 Å². The molecule has 0 aliphatic carbocycles. The number of rotatable bonds is 1. The van der Waals surface area contributed by atoms with Gasteiger partial charge in [0, 0.05) is 11.6 Å². The van der Waals surface area contributed by atoms with E-state index in [9.17, 15) is 0 Å². The first kappa shape index (κ1) is 7.67. The van der Waals surface area contributed by atoms with Crippen molar-refractivity contribution in [1.82, 2.24) is 15.4 Å². The van der Waals surface area contributed by atoms with Gasteiger partial charge in [-0.2, -0.15) is 0 Å². The van der Waals surface area contributed by atoms with Gasteiger partial charge in [-0.1, -0.05) is 30.3 Å². The van der Waals surface area contributed by atoms with Gasteiger partial charge in [0.25, 0.3) is 0 Å². The van der Waals surface area contributed by atoms with Gasteiger partial charge in [-0.05, 0) is 5.21 Å². The molecule has 0 fully saturated rings. The van der Waals surface area contributed by atoms with Gasteiger partial charge < -0.3 is 5.73 Å². The van der Waals surface area contributed by atoms with Crippen molar-refractivity contribution in [3.05, 3.63) is 36.4 Å². The molecule has 1 heterocycles. The van der Waals surface area contributed by atoms with Crippen molar-refractivity contribution in [2.45, 2.75) is 0 Å². The number of nitrogen functional groups attached to an aromatic ring is 1. The van der Waals surface area contributed by atoms with Crippen molar-refractivity contribution < 1.29 is 0 Å². The number of hydrogen-bond donors (Lipinski definition) is 1. The second-order valence-electron chi connectivity index (χ2n) is 2.61. The molecule has 2 N–H and O–H groups in total. The van der Waals surface area contributed by atoms with E-state index in [2.05, 4.69) is 15.4 Å². The van der Waals surface area contributed by atoms with Gasteiger partial charge in [-0.3, -0.25) is 0 Å². The van der Waals surface area contributed by atoms with Crippen LogP contribution >= 0.6 is 0 Å². The van der Waals surface area contributed by atoms with Crippen molar-refractivity contribution in [2.24, 2.45) is 0 Å². The van der Waals surface area contributed by atoms with Crippen LogP contribution in [0, 0.1) is 0 Å². The quantitative estimate of drug-likeness (QED) is 0.700. The molecule has 2 aromatic rings. The van der Waals surface area contributed by atoms with Crippen LogP contribution in [0.1, 0.15) is 0 Å². The number of nitrogens with zero attached hydrogens (tertiary/aromatic N) is 3. The zero-order chi connectivity index (χ0) is 9.10. The fraction of sp³-hybridized carbons (Fsp3) is 0. The van der Waals surface area contributed by atoms with Crippen LogP contribution in [0.15, 0.2) is 36.4 Å². The number of nitrogens with two attached hydrogens (primary N) is 1. The molecule has 0 radical (unpaired) electrons. The molecule has 0 bridgehead atoms. The highest BCUT2D eigenvalue weighted by atomic mass is 15.3. The highest BCUT2D eigenvalue weighted by Crippen LogP contribution is 2.15. The monoisotopic (exact) mass is 172 g/mol. The van der Waals surface area contributed by atoms with E-state index in [0.29, 0.717) is 5.82 Å². The summed E-state index contributed by atoms with van der Waals surface area (Å²) in [5, 5.41) is 11.0. The molecule has 0 spiro atoms. The highest BCUT2D eigenvalue weighted by Gasteiger charge is 1.98. The van der Waals surface area contributed by atoms with Crippen LogP contribution in [0.4, 0.5) is 5.82 Å². The number of aromatic nitrogens is 3. The lowest BCUT2D eigenvalue weighted by molar-refractivity contribution is 0.879. The van der Waals surface area contributed by atoms with Crippen LogP contribution in [-0.4, -0.2) is 15.4 Å². The zero-order valence-corrected chi connectivity index (χ0v) is 6.88. The Kier molecular flexibility index (Phi) is 1.88. The maximum absolute atomic E-state index is 5.48. The molecule has 1 aromatic heterocycles. The Bertz CT molecular complexity index is 399. The molecule has 0 unspecified atom stereocenters. The van der Waals surface area contributed by atoms with Crippen LogP contribution in [0.3, 0.4) is 0 Å². The largest absolute Gasteiger partial charge is 0.382 e. The topological polar surface area (TPSA) is 64.7 Å². The Morgan fingerprint density at radius 1 is 1.00 bits per heavy atom. The fourth-order valence-electron chi connectivity index (χ4n) is 1.07. The summed E-state index contributed by atoms with van der Waals surface area (Å²) in [5.41, 5.74) is 7.22. The standard InChI is InChI=1S/C9H8N4/c10-9-6-8(11-13-12-9)7-4-2-1-3-5-7/h1-6H,(H2,10,11,12). The van der Waals surface area contributed by atoms with Crippen molar-refractivity contribution in [3.8, 4) is 11.3 Å². The Labute approximate surface area is 75.4 Å². The average molecular weight is 172 g/mol. The molecule has 1 aromatic carbocycles. The first-order chi connectivity index (χ1) is 6.36. The molecular weight excluding hydrogens is 164 g/mol. The molecule has 4 heteroatoms. The van der Waals surface area contributed by atoms with Crippen LogP contribution in [0.2, 0.25) is 0 Å². The molecule has 13 heavy (non-hydrogen) atoms. The van der Waals surface area contributed by atoms with E-state index >= 15 is 0 Å². The van der Waals surface area contributed by atoms with Gasteiger partial charge in [0.1, 0.15) is 5.82 Å². The van der Waals surface area contributed by atoms with Gasteiger partial charge >= 0.3 is 0 Å². The second-order valence-corrected chi connectivity index (χ2v) is 2.61. The molecule has 2 rings (SSSR count). The van der Waals surface area contributed by atoms with E-state index < -0.39 is 0 Å². The van der Waals surface area contributed by atoms with Gasteiger partial charge in [0.2, 0.25) is 0 Å². The summed E-state index contributed by atoms with van der Waals surface area (Å²) in [6, 6.07) is 11.4. The van der Waals surface area contributed by atoms with E-state index in [1.54, 1.807) is 6.07 Å². The summed E-state index contributed by atoms with van der Waals surface area (Å²) >= 11 is 0. The third-order valence-electron chi connectivity index (χ3n) is 1.67. The highest BCUT2D eigenvalue weighted by molar-refractivity contribution is 5.60. The first-order valence-corrected chi connectivity index (χ1v) is 3.87. The van der Waals surface area contributed by atoms with Crippen molar-refractivity contribution in [3.63, 3.8) is 0 Å². The molecular formula is C9H8N4. The lowest BCUT2D eigenvalue weighted by Gasteiger charge is -1.97. The molecule has 0 saturated carbocycles. The van der Waals surface area contributed by atoms with Crippen molar-refractivity contribution >= 4 is 5.82 Å². The Morgan fingerprint density at radius 2 is 1.77 bits per heavy atom. The van der Waals surface area contributed by atoms with E-state index in [-0.39, 0.29) is 0 Å². The maximum Gasteiger partial charge on any atom is 0.150 e. The van der Waals surface area contributed by atoms with Gasteiger partial charge in [0.05, 0.1) is 5.69 Å². The third kappa shape index (κ3) is 1.61. The number of hydrogen-bond acceptors (Lipinski definition) is 4. The molecule has 0 aliphatic heterocycles. The first-order valence-electron chi connectivity index (χ1n) is 3.87. The van der Waals surface area contributed by atoms with E-state index in [0.717, 1.165) is 11.3 Å². The van der Waals surface area contributed by atoms with Crippen LogP contribution in [-0.2, 0) is 0 Å². The maximum atomic E-state index is 5.48. The molecule has 4 nitrogen and oxygen atoms in total. The number of anilines is 1. The molecule has 0 atom stereocenters. The lowest BCUT2D eigenvalue weighted by Crippen LogP contribution is -1.96. The minimum Gasteiger partial charge on any atom is -0.382 e. The van der Waals surface area contributed by atoms with Gasteiger partial charge in [0.15, 0.2) is 0 Å². The smallest absolute Gasteiger partial charge is 0.150 e. The van der Waals surface area contributed by atoms with Crippen LogP contribution < -0.4 is 5.73 Å². The molecule has 0 aliphatic rings. The summed E-state index contributed by atoms with van der Waals surface area (Å²) in [5.74, 6) is 0.383. The van der Waals surface area contributed by atoms with E-state index in [1.807, 2.05) is 30.3 Å². The molecule has 0 amide bonds. The predicted octanol–water partition coefficient (Wildman–Crippen LogP) is 1.12. The predicted molar refractivity (Wildman–Crippen MR) is 49.7 cm³/mol. The second kappa shape index (κ2) is 3.18. The molecule has 64 valence electrons. The van der Waals surface area contributed by atoms with Crippen LogP contribution in [0.5, 0.6) is 0 Å². The summed E-state index contributed by atoms with van der Waals surface area (Å²) in [4.78, 5) is 0. The third-order valence-corrected chi connectivity index (χ3v) is 1.67. The van der Waals surface area contributed by atoms with Crippen molar-refractivity contribution in [1.29, 1.82) is 0 Å².